The van der Waals surface area contributed by atoms with Crippen LogP contribution < -0.4 is 0 Å². The highest BCUT2D eigenvalue weighted by atomic mass is 16.8. The molecule has 21 nitrogen and oxygen atoms in total. The summed E-state index contributed by atoms with van der Waals surface area (Å²) < 4.78 is 53.6. The molecular weight excluding hydrogens is 985 g/mol. The fourth-order valence-electron chi connectivity index (χ4n) is 16.1. The van der Waals surface area contributed by atoms with Gasteiger partial charge in [0.25, 0.3) is 0 Å². The Bertz CT molecular complexity index is 2140. The third-order valence-electron chi connectivity index (χ3n) is 20.8. The van der Waals surface area contributed by atoms with Gasteiger partial charge in [-0.25, -0.2) is 0 Å². The molecule has 0 spiro atoms. The number of ether oxygens (including phenoxy) is 9. The third kappa shape index (κ3) is 9.38. The van der Waals surface area contributed by atoms with Gasteiger partial charge in [-0.15, -0.1) is 0 Å². The SMILES string of the molecule is CC(=O)O[C@@H]1[C@H](O[C@H]2O[C@@H](CO)[C@H](O)[C@H]2O[C@H]2O[C@@H](C)[C@H](O[C@@H]3OC[C@@H](O)[C@H](O)[C@H]3O)[C@@H](O)[C@H]2O)[C@@H](O)[C@H](OC(=O)[C@]23CCC(C)(C)C[C@H]2C2=CC[C@@H]4[C@@]5(C)CC[C@H](O)[C@@](C)(C=O)[C@@H]5CC[C@@]4(C)[C@@]2(C)CC3)O[C@@H]1C. The largest absolute Gasteiger partial charge is 0.457 e. The Kier molecular flexibility index (Phi) is 15.8. The van der Waals surface area contributed by atoms with Gasteiger partial charge in [0.1, 0.15) is 73.4 Å². The first kappa shape index (κ1) is 57.4. The summed E-state index contributed by atoms with van der Waals surface area (Å²) in [6.07, 6.45) is -18.1. The molecule has 4 saturated carbocycles. The third-order valence-corrected chi connectivity index (χ3v) is 20.8. The van der Waals surface area contributed by atoms with Crippen LogP contribution in [0.25, 0.3) is 0 Å². The molecule has 4 aliphatic heterocycles. The molecule has 4 saturated heterocycles. The van der Waals surface area contributed by atoms with Crippen molar-refractivity contribution in [1.82, 2.24) is 0 Å². The molecule has 0 radical (unpaired) electrons. The van der Waals surface area contributed by atoms with Crippen LogP contribution in [0.5, 0.6) is 0 Å². The van der Waals surface area contributed by atoms with Gasteiger partial charge in [0, 0.05) is 6.92 Å². The lowest BCUT2D eigenvalue weighted by Gasteiger charge is -2.71. The van der Waals surface area contributed by atoms with Crippen molar-refractivity contribution in [2.45, 2.75) is 243 Å². The van der Waals surface area contributed by atoms with Crippen molar-refractivity contribution in [2.75, 3.05) is 13.2 Å². The molecule has 27 atom stereocenters. The van der Waals surface area contributed by atoms with Crippen molar-refractivity contribution >= 4 is 18.2 Å². The van der Waals surface area contributed by atoms with E-state index in [1.807, 2.05) is 6.92 Å². The van der Waals surface area contributed by atoms with Gasteiger partial charge in [0.05, 0.1) is 42.4 Å². The minimum atomic E-state index is -1.89. The molecule has 21 heteroatoms. The highest BCUT2D eigenvalue weighted by Crippen LogP contribution is 2.76. The van der Waals surface area contributed by atoms with Crippen LogP contribution in [-0.4, -0.2) is 194 Å². The molecule has 9 aliphatic rings. The Balaban J connectivity index is 0.947. The average molecular weight is 1070 g/mol. The molecule has 4 heterocycles. The topological polar surface area (TPSA) is 316 Å². The highest BCUT2D eigenvalue weighted by Gasteiger charge is 2.70. The average Bonchev–Trinajstić information content (AvgIpc) is 3.65. The molecule has 0 amide bonds. The summed E-state index contributed by atoms with van der Waals surface area (Å²) in [5.74, 6) is -1.23. The van der Waals surface area contributed by atoms with E-state index in [2.05, 4.69) is 40.7 Å². The number of allylic oxidation sites excluding steroid dienone is 2. The number of esters is 2. The Labute approximate surface area is 438 Å². The standard InChI is InChI=1S/C54H84O21/c1-24-40(72-44-37(63)34(60)29(58)22-67-44)36(62)38(64)45(68-24)74-43-35(61)30(21-55)71-47(43)73-42-39(65)46(69-25(2)41(42)70-26(3)57)75-48(66)54-18-16-49(4,5)20-28(54)27-10-11-32-50(6)14-13-33(59)51(7,23-56)31(50)12-15-53(32,9)52(27,8)17-19-54/h10,23-25,28-47,55,58-65H,11-22H2,1-9H3/t24-,25+,28-,29+,30-,31+,32+,33-,34-,35-,36-,37+,38+,39+,40-,41-,42+,43+,44-,45+,46-,47+,50-,51-,52-,53+,54-/m0/s1. The van der Waals surface area contributed by atoms with Crippen LogP contribution in [-0.2, 0) is 57.0 Å². The normalized spacial score (nSPS) is 53.5. The summed E-state index contributed by atoms with van der Waals surface area (Å²) in [5, 5.41) is 98.2. The van der Waals surface area contributed by atoms with Crippen molar-refractivity contribution in [3.63, 3.8) is 0 Å². The number of carbonyl (C=O) groups is 3. The Morgan fingerprint density at radius 3 is 1.99 bits per heavy atom. The summed E-state index contributed by atoms with van der Waals surface area (Å²) >= 11 is 0. The summed E-state index contributed by atoms with van der Waals surface area (Å²) in [4.78, 5) is 40.7. The van der Waals surface area contributed by atoms with Crippen molar-refractivity contribution in [2.24, 2.45) is 50.2 Å². The lowest BCUT2D eigenvalue weighted by Crippen LogP contribution is -2.66. The van der Waals surface area contributed by atoms with E-state index < -0.39 is 146 Å². The predicted molar refractivity (Wildman–Crippen MR) is 258 cm³/mol. The van der Waals surface area contributed by atoms with E-state index in [9.17, 15) is 55.5 Å². The molecule has 9 N–H and O–H groups in total. The van der Waals surface area contributed by atoms with Gasteiger partial charge in [-0.05, 0) is 117 Å². The van der Waals surface area contributed by atoms with Crippen molar-refractivity contribution in [1.29, 1.82) is 0 Å². The van der Waals surface area contributed by atoms with Crippen LogP contribution in [0.15, 0.2) is 11.6 Å². The molecule has 75 heavy (non-hydrogen) atoms. The smallest absolute Gasteiger partial charge is 0.315 e. The molecular formula is C54H84O21. The van der Waals surface area contributed by atoms with Crippen LogP contribution >= 0.6 is 0 Å². The number of hydrogen-bond acceptors (Lipinski definition) is 21. The van der Waals surface area contributed by atoms with Gasteiger partial charge in [0.2, 0.25) is 6.29 Å². The van der Waals surface area contributed by atoms with E-state index in [1.165, 1.54) is 12.5 Å². The number of rotatable bonds is 11. The number of aliphatic hydroxyl groups is 9. The first-order valence-electron chi connectivity index (χ1n) is 27.3. The molecule has 0 unspecified atom stereocenters. The van der Waals surface area contributed by atoms with E-state index >= 15 is 4.79 Å². The summed E-state index contributed by atoms with van der Waals surface area (Å²) in [6.45, 7) is 16.5. The maximum atomic E-state index is 15.3. The summed E-state index contributed by atoms with van der Waals surface area (Å²) in [5.41, 5.74) is -1.34. The Morgan fingerprint density at radius 1 is 0.667 bits per heavy atom. The van der Waals surface area contributed by atoms with Crippen LogP contribution in [0.3, 0.4) is 0 Å². The molecule has 0 bridgehead atoms. The lowest BCUT2D eigenvalue weighted by molar-refractivity contribution is -0.360. The molecule has 8 fully saturated rings. The molecule has 0 aromatic carbocycles. The monoisotopic (exact) mass is 1070 g/mol. The fourth-order valence-corrected chi connectivity index (χ4v) is 16.1. The second-order valence-corrected chi connectivity index (χ2v) is 25.5. The minimum Gasteiger partial charge on any atom is -0.457 e. The summed E-state index contributed by atoms with van der Waals surface area (Å²) in [6, 6.07) is 0. The first-order valence-corrected chi connectivity index (χ1v) is 27.3. The molecule has 0 aromatic heterocycles. The van der Waals surface area contributed by atoms with Crippen LogP contribution in [0, 0.1) is 50.2 Å². The maximum absolute atomic E-state index is 15.3. The number of hydrogen-bond donors (Lipinski definition) is 9. The maximum Gasteiger partial charge on any atom is 0.315 e. The molecule has 0 aromatic rings. The van der Waals surface area contributed by atoms with Crippen molar-refractivity contribution < 1.29 is 103 Å². The van der Waals surface area contributed by atoms with E-state index in [0.29, 0.717) is 25.7 Å². The van der Waals surface area contributed by atoms with Gasteiger partial charge in [-0.2, -0.15) is 0 Å². The van der Waals surface area contributed by atoms with Gasteiger partial charge in [-0.3, -0.25) is 9.59 Å². The van der Waals surface area contributed by atoms with Gasteiger partial charge < -0.3 is 93.4 Å². The first-order chi connectivity index (χ1) is 35.1. The highest BCUT2D eigenvalue weighted by molar-refractivity contribution is 5.79. The van der Waals surface area contributed by atoms with Gasteiger partial charge in [-0.1, -0.05) is 53.2 Å². The van der Waals surface area contributed by atoms with E-state index in [1.54, 1.807) is 6.92 Å². The molecule has 426 valence electrons. The fraction of sp³-hybridized carbons (Fsp3) is 0.907. The Hall–Kier alpha value is -2.29. The quantitative estimate of drug-likeness (QED) is 0.0793. The lowest BCUT2D eigenvalue weighted by atomic mass is 9.33. The van der Waals surface area contributed by atoms with Crippen LogP contribution in [0.2, 0.25) is 0 Å². The zero-order chi connectivity index (χ0) is 54.7. The van der Waals surface area contributed by atoms with Gasteiger partial charge >= 0.3 is 11.9 Å². The minimum absolute atomic E-state index is 0.0342. The predicted octanol–water partition coefficient (Wildman–Crippen LogP) is 1.05. The zero-order valence-electron chi connectivity index (χ0n) is 44.8. The van der Waals surface area contributed by atoms with E-state index in [-0.39, 0.29) is 46.0 Å². The number of carbonyl (C=O) groups excluding carboxylic acids is 3. The van der Waals surface area contributed by atoms with Crippen LogP contribution in [0.4, 0.5) is 0 Å². The molecule has 5 aliphatic carbocycles. The van der Waals surface area contributed by atoms with Crippen molar-refractivity contribution in [3.05, 3.63) is 11.6 Å². The second-order valence-electron chi connectivity index (χ2n) is 25.5. The van der Waals surface area contributed by atoms with E-state index in [0.717, 1.165) is 51.7 Å². The van der Waals surface area contributed by atoms with Crippen molar-refractivity contribution in [3.8, 4) is 0 Å². The summed E-state index contributed by atoms with van der Waals surface area (Å²) in [7, 11) is 0. The zero-order valence-corrected chi connectivity index (χ0v) is 44.8. The van der Waals surface area contributed by atoms with Crippen LogP contribution in [0.1, 0.15) is 127 Å². The molecule has 9 rings (SSSR count). The number of fused-ring (bicyclic) bond motifs is 7. The van der Waals surface area contributed by atoms with Gasteiger partial charge in [0.15, 0.2) is 25.0 Å². The number of aldehydes is 1. The Morgan fingerprint density at radius 2 is 1.31 bits per heavy atom. The second kappa shape index (κ2) is 20.7. The van der Waals surface area contributed by atoms with E-state index in [4.69, 9.17) is 42.6 Å². The number of aliphatic hydroxyl groups excluding tert-OH is 9.